The minimum Gasteiger partial charge on any atom is -0.368 e. The Morgan fingerprint density at radius 1 is 1.47 bits per heavy atom. The van der Waals surface area contributed by atoms with Crippen molar-refractivity contribution in [3.8, 4) is 0 Å². The predicted molar refractivity (Wildman–Crippen MR) is 64.7 cm³/mol. The van der Waals surface area contributed by atoms with Gasteiger partial charge in [0.15, 0.2) is 0 Å². The Labute approximate surface area is 98.3 Å². The van der Waals surface area contributed by atoms with Crippen molar-refractivity contribution in [2.24, 2.45) is 0 Å². The Hall–Kier alpha value is 0.170. The van der Waals surface area contributed by atoms with Crippen LogP contribution in [0.3, 0.4) is 0 Å². The van der Waals surface area contributed by atoms with E-state index in [1.807, 2.05) is 0 Å². The highest BCUT2D eigenvalue weighted by atomic mass is 35.5. The van der Waals surface area contributed by atoms with E-state index in [4.69, 9.17) is 16.3 Å². The molecule has 0 aromatic rings. The van der Waals surface area contributed by atoms with Gasteiger partial charge in [0.1, 0.15) is 0 Å². The molecule has 0 aromatic carbocycles. The van der Waals surface area contributed by atoms with Gasteiger partial charge in [-0.25, -0.2) is 0 Å². The normalized spacial score (nSPS) is 27.2. The summed E-state index contributed by atoms with van der Waals surface area (Å²) in [6.45, 7) is 8.40. The van der Waals surface area contributed by atoms with E-state index in [0.29, 0.717) is 5.88 Å². The average Bonchev–Trinajstić information content (AvgIpc) is 2.12. The van der Waals surface area contributed by atoms with Crippen molar-refractivity contribution in [3.63, 3.8) is 0 Å². The third-order valence-electron chi connectivity index (χ3n) is 2.59. The molecule has 1 aliphatic heterocycles. The molecule has 0 bridgehead atoms. The largest absolute Gasteiger partial charge is 0.368 e. The van der Waals surface area contributed by atoms with Crippen LogP contribution in [-0.2, 0) is 4.74 Å². The van der Waals surface area contributed by atoms with Crippen molar-refractivity contribution in [2.45, 2.75) is 25.6 Å². The molecule has 0 aliphatic carbocycles. The summed E-state index contributed by atoms with van der Waals surface area (Å²) in [6.07, 6.45) is 0.178. The Kier molecular flexibility index (Phi) is 4.84. The molecular formula is C11H23ClN2O. The molecule has 1 rings (SSSR count). The first-order valence-corrected chi connectivity index (χ1v) is 6.07. The van der Waals surface area contributed by atoms with Gasteiger partial charge in [0.05, 0.1) is 11.7 Å². The number of ether oxygens (including phenoxy) is 1. The smallest absolute Gasteiger partial charge is 0.0844 e. The van der Waals surface area contributed by atoms with Gasteiger partial charge in [-0.15, -0.1) is 11.6 Å². The zero-order valence-corrected chi connectivity index (χ0v) is 11.0. The van der Waals surface area contributed by atoms with Gasteiger partial charge in [0.2, 0.25) is 0 Å². The molecule has 1 atom stereocenters. The number of alkyl halides is 1. The van der Waals surface area contributed by atoms with Gasteiger partial charge in [-0.3, -0.25) is 4.90 Å². The molecule has 0 amide bonds. The number of nitrogens with zero attached hydrogens (tertiary/aromatic N) is 2. The van der Waals surface area contributed by atoms with E-state index in [2.05, 4.69) is 37.7 Å². The fraction of sp³-hybridized carbons (Fsp3) is 1.00. The number of halogens is 1. The fourth-order valence-electron chi connectivity index (χ4n) is 2.01. The van der Waals surface area contributed by atoms with E-state index in [9.17, 15) is 0 Å². The van der Waals surface area contributed by atoms with Crippen molar-refractivity contribution < 1.29 is 4.74 Å². The summed E-state index contributed by atoms with van der Waals surface area (Å²) in [4.78, 5) is 4.65. The maximum absolute atomic E-state index is 5.87. The SMILES string of the molecule is CN(C)CCN1CC(CCl)OC(C)(C)C1. The summed E-state index contributed by atoms with van der Waals surface area (Å²) in [7, 11) is 4.20. The summed E-state index contributed by atoms with van der Waals surface area (Å²) in [5, 5.41) is 0. The second-order valence-corrected chi connectivity index (χ2v) is 5.50. The first-order valence-electron chi connectivity index (χ1n) is 5.54. The molecule has 90 valence electrons. The van der Waals surface area contributed by atoms with Crippen LogP contribution in [0.1, 0.15) is 13.8 Å². The maximum Gasteiger partial charge on any atom is 0.0844 e. The van der Waals surface area contributed by atoms with Crippen molar-refractivity contribution in [3.05, 3.63) is 0 Å². The molecule has 0 aromatic heterocycles. The molecule has 1 aliphatic rings. The van der Waals surface area contributed by atoms with Crippen LogP contribution >= 0.6 is 11.6 Å². The van der Waals surface area contributed by atoms with Crippen LogP contribution < -0.4 is 0 Å². The van der Waals surface area contributed by atoms with E-state index in [1.165, 1.54) is 0 Å². The van der Waals surface area contributed by atoms with E-state index >= 15 is 0 Å². The standard InChI is InChI=1S/C11H23ClN2O/c1-11(2)9-14(6-5-13(3)4)8-10(7-12)15-11/h10H,5-9H2,1-4H3. The molecule has 0 saturated carbocycles. The summed E-state index contributed by atoms with van der Waals surface area (Å²) < 4.78 is 5.87. The van der Waals surface area contributed by atoms with Crippen LogP contribution in [0.5, 0.6) is 0 Å². The fourth-order valence-corrected chi connectivity index (χ4v) is 2.17. The average molecular weight is 235 g/mol. The lowest BCUT2D eigenvalue weighted by atomic mass is 10.1. The van der Waals surface area contributed by atoms with E-state index in [1.54, 1.807) is 0 Å². The van der Waals surface area contributed by atoms with Crippen LogP contribution in [0.15, 0.2) is 0 Å². The molecule has 1 fully saturated rings. The molecular weight excluding hydrogens is 212 g/mol. The Balaban J connectivity index is 2.43. The lowest BCUT2D eigenvalue weighted by Gasteiger charge is -2.42. The zero-order valence-electron chi connectivity index (χ0n) is 10.3. The zero-order chi connectivity index (χ0) is 11.5. The van der Waals surface area contributed by atoms with Crippen molar-refractivity contribution in [1.82, 2.24) is 9.80 Å². The predicted octanol–water partition coefficient (Wildman–Crippen LogP) is 1.27. The summed E-state index contributed by atoms with van der Waals surface area (Å²) in [6, 6.07) is 0. The second kappa shape index (κ2) is 5.48. The first kappa shape index (κ1) is 13.2. The molecule has 3 nitrogen and oxygen atoms in total. The number of morpholine rings is 1. The minimum atomic E-state index is -0.0654. The Bertz CT molecular complexity index is 197. The van der Waals surface area contributed by atoms with Gasteiger partial charge in [-0.2, -0.15) is 0 Å². The van der Waals surface area contributed by atoms with Crippen molar-refractivity contribution in [1.29, 1.82) is 0 Å². The molecule has 0 spiro atoms. The van der Waals surface area contributed by atoms with Gasteiger partial charge in [-0.1, -0.05) is 0 Å². The Morgan fingerprint density at radius 2 is 2.13 bits per heavy atom. The van der Waals surface area contributed by atoms with Crippen molar-refractivity contribution >= 4 is 11.6 Å². The van der Waals surface area contributed by atoms with Crippen LogP contribution in [0.4, 0.5) is 0 Å². The lowest BCUT2D eigenvalue weighted by Crippen LogP contribution is -2.54. The van der Waals surface area contributed by atoms with Crippen LogP contribution in [0.2, 0.25) is 0 Å². The highest BCUT2D eigenvalue weighted by Crippen LogP contribution is 2.21. The summed E-state index contributed by atoms with van der Waals surface area (Å²) in [5.74, 6) is 0.585. The van der Waals surface area contributed by atoms with E-state index in [0.717, 1.165) is 26.2 Å². The van der Waals surface area contributed by atoms with Gasteiger partial charge in [0, 0.05) is 32.1 Å². The van der Waals surface area contributed by atoms with Crippen LogP contribution in [-0.4, -0.2) is 67.7 Å². The Morgan fingerprint density at radius 3 is 2.67 bits per heavy atom. The van der Waals surface area contributed by atoms with Gasteiger partial charge < -0.3 is 9.64 Å². The van der Waals surface area contributed by atoms with E-state index < -0.39 is 0 Å². The highest BCUT2D eigenvalue weighted by molar-refractivity contribution is 6.18. The van der Waals surface area contributed by atoms with Crippen LogP contribution in [0, 0.1) is 0 Å². The summed E-state index contributed by atoms with van der Waals surface area (Å²) in [5.41, 5.74) is -0.0654. The van der Waals surface area contributed by atoms with Gasteiger partial charge in [-0.05, 0) is 27.9 Å². The molecule has 0 radical (unpaired) electrons. The number of rotatable bonds is 4. The third-order valence-corrected chi connectivity index (χ3v) is 2.93. The van der Waals surface area contributed by atoms with Gasteiger partial charge >= 0.3 is 0 Å². The first-order chi connectivity index (χ1) is 6.93. The number of hydrogen-bond acceptors (Lipinski definition) is 3. The number of likely N-dealkylation sites (N-methyl/N-ethyl adjacent to an activating group) is 1. The molecule has 4 heteroatoms. The third kappa shape index (κ3) is 4.68. The summed E-state index contributed by atoms with van der Waals surface area (Å²) >= 11 is 5.87. The highest BCUT2D eigenvalue weighted by Gasteiger charge is 2.32. The van der Waals surface area contributed by atoms with Crippen molar-refractivity contribution in [2.75, 3.05) is 46.2 Å². The molecule has 15 heavy (non-hydrogen) atoms. The van der Waals surface area contributed by atoms with Gasteiger partial charge in [0.25, 0.3) is 0 Å². The molecule has 1 unspecified atom stereocenters. The second-order valence-electron chi connectivity index (χ2n) is 5.19. The quantitative estimate of drug-likeness (QED) is 0.682. The van der Waals surface area contributed by atoms with Crippen LogP contribution in [0.25, 0.3) is 0 Å². The minimum absolute atomic E-state index is 0.0654. The molecule has 1 saturated heterocycles. The topological polar surface area (TPSA) is 15.7 Å². The number of hydrogen-bond donors (Lipinski definition) is 0. The van der Waals surface area contributed by atoms with E-state index in [-0.39, 0.29) is 11.7 Å². The monoisotopic (exact) mass is 234 g/mol. The lowest BCUT2D eigenvalue weighted by molar-refractivity contribution is -0.127. The maximum atomic E-state index is 5.87. The molecule has 1 heterocycles. The molecule has 0 N–H and O–H groups in total.